The average Bonchev–Trinajstić information content (AvgIpc) is 2.76. The van der Waals surface area contributed by atoms with Crippen LogP contribution in [0.2, 0.25) is 0 Å². The van der Waals surface area contributed by atoms with Crippen LogP contribution in [-0.4, -0.2) is 28.5 Å². The predicted octanol–water partition coefficient (Wildman–Crippen LogP) is 2.65. The molecular weight excluding hydrogens is 231 g/mol. The Morgan fingerprint density at radius 2 is 2.00 bits per heavy atom. The van der Waals surface area contributed by atoms with Crippen LogP contribution in [0.4, 0.5) is 4.39 Å². The quantitative estimate of drug-likeness (QED) is 0.816. The van der Waals surface area contributed by atoms with Crippen molar-refractivity contribution in [1.82, 2.24) is 9.47 Å². The van der Waals surface area contributed by atoms with Crippen LogP contribution in [0.5, 0.6) is 0 Å². The lowest BCUT2D eigenvalue weighted by Gasteiger charge is -2.19. The van der Waals surface area contributed by atoms with Gasteiger partial charge in [-0.2, -0.15) is 0 Å². The summed E-state index contributed by atoms with van der Waals surface area (Å²) in [5.74, 6) is -0.191. The van der Waals surface area contributed by atoms with Crippen LogP contribution in [0.1, 0.15) is 13.8 Å². The Labute approximate surface area is 106 Å². The second-order valence-electron chi connectivity index (χ2n) is 4.18. The molecule has 0 atom stereocenters. The maximum absolute atomic E-state index is 13.5. The number of hydrogen-bond acceptors (Lipinski definition) is 1. The molecule has 0 bridgehead atoms. The maximum atomic E-state index is 13.5. The van der Waals surface area contributed by atoms with Gasteiger partial charge < -0.3 is 9.47 Å². The molecule has 0 N–H and O–H groups in total. The molecule has 1 aromatic carbocycles. The lowest BCUT2D eigenvalue weighted by molar-refractivity contribution is -0.131. The smallest absolute Gasteiger partial charge is 0.242 e. The summed E-state index contributed by atoms with van der Waals surface area (Å²) in [6.07, 6.45) is 1.76. The van der Waals surface area contributed by atoms with Gasteiger partial charge in [-0.15, -0.1) is 0 Å². The van der Waals surface area contributed by atoms with Crippen LogP contribution in [0, 0.1) is 5.82 Å². The normalized spacial score (nSPS) is 10.8. The highest BCUT2D eigenvalue weighted by Gasteiger charge is 2.12. The van der Waals surface area contributed by atoms with Gasteiger partial charge >= 0.3 is 0 Å². The monoisotopic (exact) mass is 248 g/mol. The molecule has 0 fully saturated rings. The fraction of sp³-hybridized carbons (Fsp3) is 0.357. The predicted molar refractivity (Wildman–Crippen MR) is 69.8 cm³/mol. The van der Waals surface area contributed by atoms with E-state index in [2.05, 4.69) is 0 Å². The molecule has 0 saturated heterocycles. The van der Waals surface area contributed by atoms with E-state index in [0.29, 0.717) is 18.5 Å². The van der Waals surface area contributed by atoms with Crippen molar-refractivity contribution in [3.8, 4) is 0 Å². The number of amides is 1. The van der Waals surface area contributed by atoms with Crippen LogP contribution < -0.4 is 0 Å². The zero-order valence-corrected chi connectivity index (χ0v) is 10.7. The molecule has 0 aliphatic heterocycles. The summed E-state index contributed by atoms with van der Waals surface area (Å²) in [4.78, 5) is 13.8. The Morgan fingerprint density at radius 1 is 1.28 bits per heavy atom. The largest absolute Gasteiger partial charge is 0.342 e. The third kappa shape index (κ3) is 2.23. The van der Waals surface area contributed by atoms with E-state index < -0.39 is 0 Å². The topological polar surface area (TPSA) is 25.2 Å². The number of fused-ring (bicyclic) bond motifs is 1. The maximum Gasteiger partial charge on any atom is 0.242 e. The minimum absolute atomic E-state index is 0.0572. The van der Waals surface area contributed by atoms with Gasteiger partial charge in [0.25, 0.3) is 0 Å². The first-order chi connectivity index (χ1) is 8.67. The highest BCUT2D eigenvalue weighted by Crippen LogP contribution is 2.19. The highest BCUT2D eigenvalue weighted by molar-refractivity contribution is 5.83. The lowest BCUT2D eigenvalue weighted by atomic mass is 10.2. The fourth-order valence-corrected chi connectivity index (χ4v) is 2.15. The fourth-order valence-electron chi connectivity index (χ4n) is 2.15. The molecule has 96 valence electrons. The summed E-state index contributed by atoms with van der Waals surface area (Å²) in [5, 5.41) is 0.560. The minimum atomic E-state index is -0.249. The molecule has 0 spiro atoms. The van der Waals surface area contributed by atoms with E-state index in [4.69, 9.17) is 0 Å². The molecule has 2 aromatic rings. The van der Waals surface area contributed by atoms with Crippen molar-refractivity contribution in [1.29, 1.82) is 0 Å². The number of nitrogens with zero attached hydrogens (tertiary/aromatic N) is 2. The van der Waals surface area contributed by atoms with Gasteiger partial charge in [0.1, 0.15) is 12.4 Å². The van der Waals surface area contributed by atoms with E-state index in [-0.39, 0.29) is 18.3 Å². The van der Waals surface area contributed by atoms with Crippen molar-refractivity contribution in [2.24, 2.45) is 0 Å². The zero-order chi connectivity index (χ0) is 13.1. The Balaban J connectivity index is 2.27. The minimum Gasteiger partial charge on any atom is -0.342 e. The second-order valence-corrected chi connectivity index (χ2v) is 4.18. The first-order valence-electron chi connectivity index (χ1n) is 6.18. The molecular formula is C14H17FN2O. The van der Waals surface area contributed by atoms with Crippen molar-refractivity contribution in [2.75, 3.05) is 13.1 Å². The lowest BCUT2D eigenvalue weighted by Crippen LogP contribution is -2.33. The van der Waals surface area contributed by atoms with Crippen molar-refractivity contribution < 1.29 is 9.18 Å². The van der Waals surface area contributed by atoms with E-state index >= 15 is 0 Å². The molecule has 2 rings (SSSR count). The number of likely N-dealkylation sites (N-methyl/N-ethyl adjacent to an activating group) is 1. The molecule has 0 unspecified atom stereocenters. The first kappa shape index (κ1) is 12.6. The van der Waals surface area contributed by atoms with Gasteiger partial charge in [-0.1, -0.05) is 6.07 Å². The number of halogens is 1. The summed E-state index contributed by atoms with van der Waals surface area (Å²) in [5.41, 5.74) is 0.760. The molecule has 0 radical (unpaired) electrons. The highest BCUT2D eigenvalue weighted by atomic mass is 19.1. The second kappa shape index (κ2) is 5.21. The van der Waals surface area contributed by atoms with Crippen molar-refractivity contribution in [3.05, 3.63) is 36.3 Å². The molecule has 1 aromatic heterocycles. The van der Waals surface area contributed by atoms with Gasteiger partial charge in [0.05, 0.1) is 5.52 Å². The molecule has 3 nitrogen and oxygen atoms in total. The molecule has 1 amide bonds. The van der Waals surface area contributed by atoms with E-state index in [1.54, 1.807) is 27.8 Å². The number of benzene rings is 1. The summed E-state index contributed by atoms with van der Waals surface area (Å²) in [6.45, 7) is 5.56. The van der Waals surface area contributed by atoms with Gasteiger partial charge in [-0.05, 0) is 32.0 Å². The first-order valence-corrected chi connectivity index (χ1v) is 6.18. The summed E-state index contributed by atoms with van der Waals surface area (Å²) in [7, 11) is 0. The summed E-state index contributed by atoms with van der Waals surface area (Å²) < 4.78 is 15.3. The third-order valence-corrected chi connectivity index (χ3v) is 3.18. The van der Waals surface area contributed by atoms with E-state index in [1.807, 2.05) is 19.9 Å². The van der Waals surface area contributed by atoms with Gasteiger partial charge in [-0.3, -0.25) is 4.79 Å². The summed E-state index contributed by atoms with van der Waals surface area (Å²) in [6, 6.07) is 6.63. The standard InChI is InChI=1S/C14H17FN2O/c1-3-16(4-2)14(18)10-17-9-8-11-12(15)6-5-7-13(11)17/h5-9H,3-4,10H2,1-2H3. The average molecular weight is 248 g/mol. The number of hydrogen-bond donors (Lipinski definition) is 0. The number of rotatable bonds is 4. The van der Waals surface area contributed by atoms with Gasteiger partial charge in [-0.25, -0.2) is 4.39 Å². The molecule has 0 aliphatic carbocycles. The van der Waals surface area contributed by atoms with Crippen molar-refractivity contribution >= 4 is 16.8 Å². The van der Waals surface area contributed by atoms with Gasteiger partial charge in [0.2, 0.25) is 5.91 Å². The SMILES string of the molecule is CCN(CC)C(=O)Cn1ccc2c(F)cccc21. The van der Waals surface area contributed by atoms with Crippen LogP contribution in [0.15, 0.2) is 30.5 Å². The Kier molecular flexibility index (Phi) is 3.65. The molecule has 1 heterocycles. The third-order valence-electron chi connectivity index (χ3n) is 3.18. The van der Waals surface area contributed by atoms with E-state index in [0.717, 1.165) is 5.52 Å². The van der Waals surface area contributed by atoms with Crippen molar-refractivity contribution in [2.45, 2.75) is 20.4 Å². The molecule has 0 aliphatic rings. The molecule has 4 heteroatoms. The Bertz CT molecular complexity index is 558. The van der Waals surface area contributed by atoms with Crippen LogP contribution in [0.25, 0.3) is 10.9 Å². The zero-order valence-electron chi connectivity index (χ0n) is 10.7. The number of carbonyl (C=O) groups is 1. The Hall–Kier alpha value is -1.84. The van der Waals surface area contributed by atoms with Crippen LogP contribution >= 0.6 is 0 Å². The number of aromatic nitrogens is 1. The number of carbonyl (C=O) groups excluding carboxylic acids is 1. The summed E-state index contributed by atoms with van der Waals surface area (Å²) >= 11 is 0. The van der Waals surface area contributed by atoms with Gasteiger partial charge in [0.15, 0.2) is 0 Å². The van der Waals surface area contributed by atoms with E-state index in [9.17, 15) is 9.18 Å². The van der Waals surface area contributed by atoms with Gasteiger partial charge in [0, 0.05) is 24.7 Å². The van der Waals surface area contributed by atoms with Crippen molar-refractivity contribution in [3.63, 3.8) is 0 Å². The van der Waals surface area contributed by atoms with Crippen LogP contribution in [0.3, 0.4) is 0 Å². The molecule has 18 heavy (non-hydrogen) atoms. The molecule has 0 saturated carbocycles. The Morgan fingerprint density at radius 3 is 2.67 bits per heavy atom. The van der Waals surface area contributed by atoms with E-state index in [1.165, 1.54) is 6.07 Å². The van der Waals surface area contributed by atoms with Crippen LogP contribution in [-0.2, 0) is 11.3 Å².